The smallest absolute Gasteiger partial charge is 0.308 e. The summed E-state index contributed by atoms with van der Waals surface area (Å²) in [5, 5.41) is 0.362. The Morgan fingerprint density at radius 1 is 1.03 bits per heavy atom. The van der Waals surface area contributed by atoms with E-state index in [4.69, 9.17) is 16.3 Å². The summed E-state index contributed by atoms with van der Waals surface area (Å²) in [6.45, 7) is 3.82. The van der Waals surface area contributed by atoms with Crippen molar-refractivity contribution in [1.29, 1.82) is 0 Å². The van der Waals surface area contributed by atoms with E-state index >= 15 is 0 Å². The van der Waals surface area contributed by atoms with E-state index in [-0.39, 0.29) is 21.5 Å². The third-order valence-corrected chi connectivity index (χ3v) is 7.08. The zero-order valence-electron chi connectivity index (χ0n) is 16.7. The number of sulfonamides is 1. The molecule has 0 aliphatic rings. The Labute approximate surface area is 188 Å². The van der Waals surface area contributed by atoms with E-state index in [0.717, 1.165) is 11.3 Å². The molecule has 0 saturated carbocycles. The maximum Gasteiger partial charge on any atom is 0.308 e. The van der Waals surface area contributed by atoms with E-state index in [9.17, 15) is 13.2 Å². The van der Waals surface area contributed by atoms with Crippen molar-refractivity contribution in [3.05, 3.63) is 81.4 Å². The highest BCUT2D eigenvalue weighted by Gasteiger charge is 2.20. The lowest BCUT2D eigenvalue weighted by Crippen LogP contribution is -2.15. The van der Waals surface area contributed by atoms with Crippen molar-refractivity contribution in [2.24, 2.45) is 0 Å². The average Bonchev–Trinajstić information content (AvgIpc) is 3.05. The minimum absolute atomic E-state index is 0.0222. The number of nitrogens with zero attached hydrogens (tertiary/aromatic N) is 1. The highest BCUT2D eigenvalue weighted by molar-refractivity contribution is 7.92. The fourth-order valence-electron chi connectivity index (χ4n) is 3.16. The van der Waals surface area contributed by atoms with Gasteiger partial charge in [-0.25, -0.2) is 8.42 Å². The second-order valence-electron chi connectivity index (χ2n) is 7.12. The molecule has 4 rings (SSSR count). The standard InChI is InChI=1S/C22H19ClN2O4S2/c1-14(2)25-19-10-9-17(13-21(19)30-22(25)26)31(27,28)24-18-12-15(23)8-11-20(18)29-16-6-4-3-5-7-16/h3-14,24H,1-2H3. The number of hydrogen-bond donors (Lipinski definition) is 1. The summed E-state index contributed by atoms with van der Waals surface area (Å²) in [7, 11) is -3.95. The van der Waals surface area contributed by atoms with E-state index in [0.29, 0.717) is 26.7 Å². The largest absolute Gasteiger partial charge is 0.455 e. The molecular formula is C22H19ClN2O4S2. The monoisotopic (exact) mass is 474 g/mol. The summed E-state index contributed by atoms with van der Waals surface area (Å²) in [6, 6.07) is 18.4. The third-order valence-electron chi connectivity index (χ3n) is 4.57. The van der Waals surface area contributed by atoms with Gasteiger partial charge in [0.1, 0.15) is 5.75 Å². The van der Waals surface area contributed by atoms with Crippen molar-refractivity contribution < 1.29 is 13.2 Å². The molecule has 0 radical (unpaired) electrons. The van der Waals surface area contributed by atoms with Crippen LogP contribution in [0.25, 0.3) is 10.2 Å². The summed E-state index contributed by atoms with van der Waals surface area (Å²) in [5.41, 5.74) is 0.921. The number of halogens is 1. The summed E-state index contributed by atoms with van der Waals surface area (Å²) in [6.07, 6.45) is 0. The number of aromatic nitrogens is 1. The molecule has 0 fully saturated rings. The van der Waals surface area contributed by atoms with E-state index in [1.807, 2.05) is 32.0 Å². The van der Waals surface area contributed by atoms with Crippen molar-refractivity contribution >= 4 is 48.9 Å². The second-order valence-corrected chi connectivity index (χ2v) is 10.2. The van der Waals surface area contributed by atoms with Gasteiger partial charge in [-0.05, 0) is 62.4 Å². The maximum atomic E-state index is 13.1. The molecule has 31 heavy (non-hydrogen) atoms. The molecule has 6 nitrogen and oxygen atoms in total. The molecule has 1 N–H and O–H groups in total. The van der Waals surface area contributed by atoms with E-state index in [1.165, 1.54) is 18.2 Å². The van der Waals surface area contributed by atoms with Gasteiger partial charge in [0.2, 0.25) is 0 Å². The lowest BCUT2D eigenvalue weighted by atomic mass is 10.3. The topological polar surface area (TPSA) is 77.4 Å². The maximum absolute atomic E-state index is 13.1. The number of hydrogen-bond acceptors (Lipinski definition) is 5. The number of ether oxygens (including phenoxy) is 1. The summed E-state index contributed by atoms with van der Waals surface area (Å²) in [5.74, 6) is 0.877. The Balaban J connectivity index is 1.71. The first-order valence-electron chi connectivity index (χ1n) is 9.45. The predicted octanol–water partition coefficient (Wildman–Crippen LogP) is 5.89. The molecule has 0 atom stereocenters. The van der Waals surface area contributed by atoms with E-state index in [1.54, 1.807) is 34.9 Å². The van der Waals surface area contributed by atoms with Gasteiger partial charge >= 0.3 is 4.87 Å². The van der Waals surface area contributed by atoms with Gasteiger partial charge in [-0.1, -0.05) is 41.1 Å². The van der Waals surface area contributed by atoms with Crippen molar-refractivity contribution in [3.63, 3.8) is 0 Å². The number of thiazole rings is 1. The van der Waals surface area contributed by atoms with E-state index in [2.05, 4.69) is 4.72 Å². The Bertz CT molecular complexity index is 1410. The van der Waals surface area contributed by atoms with Gasteiger partial charge in [0, 0.05) is 11.1 Å². The van der Waals surface area contributed by atoms with Crippen LogP contribution in [-0.2, 0) is 10.0 Å². The average molecular weight is 475 g/mol. The van der Waals surface area contributed by atoms with Gasteiger partial charge in [-0.3, -0.25) is 14.1 Å². The normalized spacial score (nSPS) is 11.7. The van der Waals surface area contributed by atoms with Gasteiger partial charge in [-0.2, -0.15) is 0 Å². The highest BCUT2D eigenvalue weighted by Crippen LogP contribution is 2.34. The van der Waals surface area contributed by atoms with Crippen LogP contribution < -0.4 is 14.3 Å². The molecule has 160 valence electrons. The zero-order chi connectivity index (χ0) is 22.2. The van der Waals surface area contributed by atoms with Crippen LogP contribution in [0.1, 0.15) is 19.9 Å². The number of rotatable bonds is 6. The number of benzene rings is 3. The van der Waals surface area contributed by atoms with Crippen LogP contribution in [0.3, 0.4) is 0 Å². The molecule has 0 aliphatic heterocycles. The van der Waals surface area contributed by atoms with Gasteiger partial charge < -0.3 is 4.74 Å². The van der Waals surface area contributed by atoms with Crippen LogP contribution in [0.15, 0.2) is 76.4 Å². The Hall–Kier alpha value is -2.81. The van der Waals surface area contributed by atoms with Crippen molar-refractivity contribution in [1.82, 2.24) is 4.57 Å². The first-order chi connectivity index (χ1) is 14.7. The fraction of sp³-hybridized carbons (Fsp3) is 0.136. The first-order valence-corrected chi connectivity index (χ1v) is 12.1. The number of fused-ring (bicyclic) bond motifs is 1. The Morgan fingerprint density at radius 2 is 1.77 bits per heavy atom. The zero-order valence-corrected chi connectivity index (χ0v) is 19.1. The molecule has 1 aromatic heterocycles. The van der Waals surface area contributed by atoms with Crippen LogP contribution in [-0.4, -0.2) is 13.0 Å². The summed E-state index contributed by atoms with van der Waals surface area (Å²) >= 11 is 7.12. The van der Waals surface area contributed by atoms with Crippen molar-refractivity contribution in [2.45, 2.75) is 24.8 Å². The molecule has 0 aliphatic carbocycles. The van der Waals surface area contributed by atoms with Crippen LogP contribution in [0.5, 0.6) is 11.5 Å². The second kappa shape index (κ2) is 8.37. The first kappa shape index (κ1) is 21.4. The van der Waals surface area contributed by atoms with Gasteiger partial charge in [0.25, 0.3) is 10.0 Å². The minimum Gasteiger partial charge on any atom is -0.455 e. The summed E-state index contributed by atoms with van der Waals surface area (Å²) < 4.78 is 36.8. The minimum atomic E-state index is -3.95. The summed E-state index contributed by atoms with van der Waals surface area (Å²) in [4.78, 5) is 12.2. The number of para-hydroxylation sites is 1. The molecule has 0 spiro atoms. The molecule has 0 saturated heterocycles. The number of anilines is 1. The molecule has 0 amide bonds. The fourth-order valence-corrected chi connectivity index (χ4v) is 5.55. The lowest BCUT2D eigenvalue weighted by molar-refractivity contribution is 0.485. The van der Waals surface area contributed by atoms with E-state index < -0.39 is 10.0 Å². The molecule has 1 heterocycles. The van der Waals surface area contributed by atoms with Crippen molar-refractivity contribution in [3.8, 4) is 11.5 Å². The lowest BCUT2D eigenvalue weighted by Gasteiger charge is -2.14. The van der Waals surface area contributed by atoms with Crippen molar-refractivity contribution in [2.75, 3.05) is 4.72 Å². The Kier molecular flexibility index (Phi) is 5.79. The molecular weight excluding hydrogens is 456 g/mol. The quantitative estimate of drug-likeness (QED) is 0.378. The van der Waals surface area contributed by atoms with Crippen LogP contribution in [0, 0.1) is 0 Å². The van der Waals surface area contributed by atoms with Gasteiger partial charge in [-0.15, -0.1) is 0 Å². The molecule has 9 heteroatoms. The van der Waals surface area contributed by atoms with Gasteiger partial charge in [0.05, 0.1) is 20.8 Å². The molecule has 0 bridgehead atoms. The van der Waals surface area contributed by atoms with Crippen LogP contribution in [0.4, 0.5) is 5.69 Å². The SMILES string of the molecule is CC(C)n1c(=O)sc2cc(S(=O)(=O)Nc3cc(Cl)ccc3Oc3ccccc3)ccc21. The molecule has 0 unspecified atom stereocenters. The van der Waals surface area contributed by atoms with Crippen LogP contribution in [0.2, 0.25) is 5.02 Å². The number of nitrogens with one attached hydrogen (secondary N) is 1. The predicted molar refractivity (Wildman–Crippen MR) is 125 cm³/mol. The van der Waals surface area contributed by atoms with Crippen LogP contribution >= 0.6 is 22.9 Å². The Morgan fingerprint density at radius 3 is 2.48 bits per heavy atom. The highest BCUT2D eigenvalue weighted by atomic mass is 35.5. The van der Waals surface area contributed by atoms with Gasteiger partial charge in [0.15, 0.2) is 5.75 Å². The third kappa shape index (κ3) is 4.46. The molecule has 3 aromatic carbocycles. The molecule has 4 aromatic rings.